The fraction of sp³-hybridized carbons (Fsp3) is 0.0952. The Kier molecular flexibility index (Phi) is 4.53. The summed E-state index contributed by atoms with van der Waals surface area (Å²) in [6.45, 7) is 2.04. The van der Waals surface area contributed by atoms with Crippen molar-refractivity contribution in [2.45, 2.75) is 13.0 Å². The molecule has 1 unspecified atom stereocenters. The Balaban J connectivity index is 1.96. The zero-order valence-corrected chi connectivity index (χ0v) is 13.1. The molecule has 114 valence electrons. The van der Waals surface area contributed by atoms with Crippen LogP contribution in [0.5, 0.6) is 0 Å². The predicted octanol–water partition coefficient (Wildman–Crippen LogP) is 5.03. The standard InChI is InChI=1S/C21H19NO/c1-16-9-8-14-19(15-16)22-20(17-10-4-2-5-11-17)21(23)18-12-6-3-7-13-18/h2-15,20,22H,1H3. The Morgan fingerprint density at radius 2 is 1.48 bits per heavy atom. The summed E-state index contributed by atoms with van der Waals surface area (Å²) in [5.74, 6) is 0.0679. The minimum Gasteiger partial charge on any atom is -0.371 e. The maximum Gasteiger partial charge on any atom is 0.189 e. The number of hydrogen-bond acceptors (Lipinski definition) is 2. The van der Waals surface area contributed by atoms with Crippen LogP contribution >= 0.6 is 0 Å². The second-order valence-corrected chi connectivity index (χ2v) is 5.59. The number of hydrogen-bond donors (Lipinski definition) is 1. The Bertz CT molecular complexity index is 781. The van der Waals surface area contributed by atoms with Gasteiger partial charge in [0.05, 0.1) is 0 Å². The molecule has 0 heterocycles. The number of aryl methyl sites for hydroxylation is 1. The van der Waals surface area contributed by atoms with Crippen LogP contribution in [0.1, 0.15) is 27.5 Å². The summed E-state index contributed by atoms with van der Waals surface area (Å²) in [4.78, 5) is 13.0. The van der Waals surface area contributed by atoms with E-state index in [9.17, 15) is 4.79 Å². The molecule has 0 aliphatic heterocycles. The first-order valence-corrected chi connectivity index (χ1v) is 7.71. The van der Waals surface area contributed by atoms with Gasteiger partial charge in [-0.3, -0.25) is 4.79 Å². The Labute approximate surface area is 136 Å². The molecular weight excluding hydrogens is 282 g/mol. The summed E-state index contributed by atoms with van der Waals surface area (Å²) in [6.07, 6.45) is 0. The van der Waals surface area contributed by atoms with E-state index in [2.05, 4.69) is 5.32 Å². The minimum absolute atomic E-state index is 0.0679. The van der Waals surface area contributed by atoms with Crippen LogP contribution in [-0.2, 0) is 0 Å². The van der Waals surface area contributed by atoms with Crippen LogP contribution in [0.3, 0.4) is 0 Å². The normalized spacial score (nSPS) is 11.7. The lowest BCUT2D eigenvalue weighted by molar-refractivity contribution is 0.0969. The van der Waals surface area contributed by atoms with Crippen molar-refractivity contribution in [3.8, 4) is 0 Å². The van der Waals surface area contributed by atoms with Gasteiger partial charge < -0.3 is 5.32 Å². The second-order valence-electron chi connectivity index (χ2n) is 5.59. The molecule has 1 atom stereocenters. The molecule has 23 heavy (non-hydrogen) atoms. The summed E-state index contributed by atoms with van der Waals surface area (Å²) < 4.78 is 0. The molecule has 0 fully saturated rings. The third kappa shape index (κ3) is 3.67. The van der Waals surface area contributed by atoms with E-state index in [-0.39, 0.29) is 5.78 Å². The Morgan fingerprint density at radius 1 is 0.826 bits per heavy atom. The molecule has 0 aromatic heterocycles. The lowest BCUT2D eigenvalue weighted by Crippen LogP contribution is -2.21. The molecule has 3 aromatic rings. The first-order chi connectivity index (χ1) is 11.2. The topological polar surface area (TPSA) is 29.1 Å². The maximum atomic E-state index is 13.0. The highest BCUT2D eigenvalue weighted by molar-refractivity contribution is 6.02. The quantitative estimate of drug-likeness (QED) is 0.670. The first kappa shape index (κ1) is 15.0. The van der Waals surface area contributed by atoms with Gasteiger partial charge in [-0.05, 0) is 30.2 Å². The van der Waals surface area contributed by atoms with Crippen molar-refractivity contribution in [2.75, 3.05) is 5.32 Å². The van der Waals surface area contributed by atoms with Crippen LogP contribution in [-0.4, -0.2) is 5.78 Å². The van der Waals surface area contributed by atoms with E-state index in [0.717, 1.165) is 16.8 Å². The average molecular weight is 301 g/mol. The molecule has 0 spiro atoms. The minimum atomic E-state index is -0.402. The highest BCUT2D eigenvalue weighted by Gasteiger charge is 2.21. The average Bonchev–Trinajstić information content (AvgIpc) is 2.61. The molecule has 0 amide bonds. The second kappa shape index (κ2) is 6.93. The highest BCUT2D eigenvalue weighted by Crippen LogP contribution is 2.24. The van der Waals surface area contributed by atoms with Crippen LogP contribution in [0, 0.1) is 6.92 Å². The SMILES string of the molecule is Cc1cccc(NC(C(=O)c2ccccc2)c2ccccc2)c1. The zero-order valence-electron chi connectivity index (χ0n) is 13.1. The molecule has 3 rings (SSSR count). The van der Waals surface area contributed by atoms with Gasteiger partial charge in [-0.25, -0.2) is 0 Å². The number of nitrogens with one attached hydrogen (secondary N) is 1. The van der Waals surface area contributed by atoms with E-state index in [1.165, 1.54) is 0 Å². The maximum absolute atomic E-state index is 13.0. The van der Waals surface area contributed by atoms with E-state index in [0.29, 0.717) is 5.56 Å². The molecule has 2 heteroatoms. The van der Waals surface area contributed by atoms with Gasteiger partial charge in [0, 0.05) is 11.3 Å². The van der Waals surface area contributed by atoms with Gasteiger partial charge in [-0.15, -0.1) is 0 Å². The summed E-state index contributed by atoms with van der Waals surface area (Å²) in [5, 5.41) is 3.38. The molecule has 0 bridgehead atoms. The van der Waals surface area contributed by atoms with Gasteiger partial charge in [-0.1, -0.05) is 72.8 Å². The molecule has 1 N–H and O–H groups in total. The fourth-order valence-electron chi connectivity index (χ4n) is 2.62. The Morgan fingerprint density at radius 3 is 2.13 bits per heavy atom. The van der Waals surface area contributed by atoms with Crippen molar-refractivity contribution >= 4 is 11.5 Å². The number of anilines is 1. The lowest BCUT2D eigenvalue weighted by atomic mass is 9.97. The van der Waals surface area contributed by atoms with Crippen LogP contribution in [0.25, 0.3) is 0 Å². The van der Waals surface area contributed by atoms with Crippen LogP contribution in [0.4, 0.5) is 5.69 Å². The Hall–Kier alpha value is -2.87. The van der Waals surface area contributed by atoms with Crippen molar-refractivity contribution < 1.29 is 4.79 Å². The number of carbonyl (C=O) groups is 1. The van der Waals surface area contributed by atoms with E-state index < -0.39 is 6.04 Å². The number of ketones is 1. The molecule has 0 aliphatic carbocycles. The molecule has 3 aromatic carbocycles. The van der Waals surface area contributed by atoms with E-state index >= 15 is 0 Å². The summed E-state index contributed by atoms with van der Waals surface area (Å²) in [6, 6.07) is 26.9. The number of rotatable bonds is 5. The highest BCUT2D eigenvalue weighted by atomic mass is 16.1. The fourth-order valence-corrected chi connectivity index (χ4v) is 2.62. The summed E-state index contributed by atoms with van der Waals surface area (Å²) in [5.41, 5.74) is 3.78. The van der Waals surface area contributed by atoms with E-state index in [4.69, 9.17) is 0 Å². The van der Waals surface area contributed by atoms with E-state index in [1.807, 2.05) is 91.9 Å². The monoisotopic (exact) mass is 301 g/mol. The smallest absolute Gasteiger partial charge is 0.189 e. The number of benzene rings is 3. The van der Waals surface area contributed by atoms with Crippen molar-refractivity contribution in [2.24, 2.45) is 0 Å². The third-order valence-corrected chi connectivity index (χ3v) is 3.78. The third-order valence-electron chi connectivity index (χ3n) is 3.78. The van der Waals surface area contributed by atoms with Crippen LogP contribution in [0.2, 0.25) is 0 Å². The van der Waals surface area contributed by atoms with Crippen molar-refractivity contribution in [1.29, 1.82) is 0 Å². The summed E-state index contributed by atoms with van der Waals surface area (Å²) >= 11 is 0. The summed E-state index contributed by atoms with van der Waals surface area (Å²) in [7, 11) is 0. The van der Waals surface area contributed by atoms with Gasteiger partial charge in [-0.2, -0.15) is 0 Å². The molecular formula is C21H19NO. The number of carbonyl (C=O) groups excluding carboxylic acids is 1. The van der Waals surface area contributed by atoms with Crippen LogP contribution in [0.15, 0.2) is 84.9 Å². The van der Waals surface area contributed by atoms with E-state index in [1.54, 1.807) is 0 Å². The molecule has 0 saturated carbocycles. The number of Topliss-reactive ketones (excluding diaryl/α,β-unsaturated/α-hetero) is 1. The predicted molar refractivity (Wildman–Crippen MR) is 94.8 cm³/mol. The zero-order chi connectivity index (χ0) is 16.1. The van der Waals surface area contributed by atoms with Crippen molar-refractivity contribution in [3.05, 3.63) is 102 Å². The van der Waals surface area contributed by atoms with Gasteiger partial charge in [0.2, 0.25) is 0 Å². The van der Waals surface area contributed by atoms with Crippen molar-refractivity contribution in [1.82, 2.24) is 0 Å². The molecule has 0 saturated heterocycles. The lowest BCUT2D eigenvalue weighted by Gasteiger charge is -2.20. The molecule has 2 nitrogen and oxygen atoms in total. The van der Waals surface area contributed by atoms with Gasteiger partial charge >= 0.3 is 0 Å². The van der Waals surface area contributed by atoms with Gasteiger partial charge in [0.25, 0.3) is 0 Å². The molecule has 0 radical (unpaired) electrons. The largest absolute Gasteiger partial charge is 0.371 e. The van der Waals surface area contributed by atoms with Crippen molar-refractivity contribution in [3.63, 3.8) is 0 Å². The first-order valence-electron chi connectivity index (χ1n) is 7.71. The van der Waals surface area contributed by atoms with Gasteiger partial charge in [0.1, 0.15) is 6.04 Å². The van der Waals surface area contributed by atoms with Gasteiger partial charge in [0.15, 0.2) is 5.78 Å². The van der Waals surface area contributed by atoms with Crippen LogP contribution < -0.4 is 5.32 Å². The molecule has 0 aliphatic rings.